The Morgan fingerprint density at radius 3 is 2.11 bits per heavy atom. The maximum Gasteiger partial charge on any atom is 0.407 e. The maximum absolute atomic E-state index is 14.3. The number of carbonyl (C=O) groups is 7. The Balaban J connectivity index is 1.74. The molecule has 1 unspecified atom stereocenters. The van der Waals surface area contributed by atoms with Crippen LogP contribution in [0.25, 0.3) is 0 Å². The normalized spacial score (nSPS) is 18.9. The van der Waals surface area contributed by atoms with Gasteiger partial charge in [0.2, 0.25) is 23.5 Å². The van der Waals surface area contributed by atoms with Crippen molar-refractivity contribution >= 4 is 41.2 Å². The molecule has 4 amide bonds. The van der Waals surface area contributed by atoms with Crippen molar-refractivity contribution in [2.45, 2.75) is 124 Å². The Labute approximate surface area is 315 Å². The third-order valence-electron chi connectivity index (χ3n) is 10.1. The highest BCUT2D eigenvalue weighted by molar-refractivity contribution is 6.38. The molecular formula is C41H62N4O8. The van der Waals surface area contributed by atoms with Gasteiger partial charge in [0.05, 0.1) is 12.6 Å². The van der Waals surface area contributed by atoms with E-state index >= 15 is 0 Å². The number of hydrogen-bond donors (Lipinski definition) is 2. The Bertz CT molecular complexity index is 1450. The number of nitrogens with zero attached hydrogens (tertiary/aromatic N) is 2. The molecule has 0 spiro atoms. The number of alkyl carbamates (subject to hydrolysis) is 1. The summed E-state index contributed by atoms with van der Waals surface area (Å²) in [5, 5.41) is 5.54. The number of ketones is 3. The quantitative estimate of drug-likeness (QED) is 0.189. The van der Waals surface area contributed by atoms with Crippen LogP contribution in [0, 0.1) is 29.1 Å². The highest BCUT2D eigenvalue weighted by Crippen LogP contribution is 2.38. The summed E-state index contributed by atoms with van der Waals surface area (Å²) in [6, 6.07) is 6.16. The van der Waals surface area contributed by atoms with E-state index in [1.54, 1.807) is 49.3 Å². The van der Waals surface area contributed by atoms with Crippen LogP contribution in [-0.4, -0.2) is 90.3 Å². The molecule has 1 aromatic rings. The van der Waals surface area contributed by atoms with Crippen molar-refractivity contribution in [1.29, 1.82) is 0 Å². The Hall–Kier alpha value is -4.09. The fourth-order valence-electron chi connectivity index (χ4n) is 7.46. The maximum atomic E-state index is 14.3. The zero-order valence-corrected chi connectivity index (χ0v) is 33.1. The summed E-state index contributed by atoms with van der Waals surface area (Å²) in [5.74, 6) is -3.86. The predicted molar refractivity (Wildman–Crippen MR) is 201 cm³/mol. The molecule has 294 valence electrons. The van der Waals surface area contributed by atoms with Crippen LogP contribution in [0.4, 0.5) is 4.79 Å². The number of amides is 4. The van der Waals surface area contributed by atoms with Gasteiger partial charge in [0.15, 0.2) is 11.6 Å². The molecule has 4 atom stereocenters. The number of likely N-dealkylation sites (tertiary alicyclic amines) is 1. The van der Waals surface area contributed by atoms with Gasteiger partial charge in [-0.05, 0) is 54.4 Å². The van der Waals surface area contributed by atoms with E-state index in [0.717, 1.165) is 32.1 Å². The highest BCUT2D eigenvalue weighted by atomic mass is 16.5. The van der Waals surface area contributed by atoms with Crippen LogP contribution in [0.5, 0.6) is 0 Å². The van der Waals surface area contributed by atoms with Gasteiger partial charge in [0.25, 0.3) is 0 Å². The zero-order chi connectivity index (χ0) is 39.5. The van der Waals surface area contributed by atoms with Crippen molar-refractivity contribution in [2.24, 2.45) is 29.1 Å². The molecule has 12 nitrogen and oxygen atoms in total. The first-order valence-corrected chi connectivity index (χ1v) is 19.3. The summed E-state index contributed by atoms with van der Waals surface area (Å²) < 4.78 is 5.39. The van der Waals surface area contributed by atoms with Crippen LogP contribution >= 0.6 is 0 Å². The average Bonchev–Trinajstić information content (AvgIpc) is 3.45. The van der Waals surface area contributed by atoms with Gasteiger partial charge in [-0.3, -0.25) is 28.8 Å². The van der Waals surface area contributed by atoms with Crippen LogP contribution in [0.3, 0.4) is 0 Å². The first-order valence-electron chi connectivity index (χ1n) is 19.3. The smallest absolute Gasteiger partial charge is 0.407 e. The van der Waals surface area contributed by atoms with E-state index in [0.29, 0.717) is 18.5 Å². The molecule has 2 aliphatic rings. The number of carbonyl (C=O) groups excluding carboxylic acids is 7. The van der Waals surface area contributed by atoms with Gasteiger partial charge in [-0.15, -0.1) is 0 Å². The summed E-state index contributed by atoms with van der Waals surface area (Å²) in [7, 11) is 3.17. The fraction of sp³-hybridized carbons (Fsp3) is 0.683. The third-order valence-corrected chi connectivity index (χ3v) is 10.1. The molecule has 2 fully saturated rings. The van der Waals surface area contributed by atoms with E-state index < -0.39 is 53.0 Å². The van der Waals surface area contributed by atoms with E-state index in [-0.39, 0.29) is 67.6 Å². The Morgan fingerprint density at radius 2 is 1.53 bits per heavy atom. The van der Waals surface area contributed by atoms with Gasteiger partial charge >= 0.3 is 6.09 Å². The Kier molecular flexibility index (Phi) is 16.2. The first kappa shape index (κ1) is 43.3. The zero-order valence-electron chi connectivity index (χ0n) is 33.1. The lowest BCUT2D eigenvalue weighted by Crippen LogP contribution is -2.55. The largest absolute Gasteiger partial charge is 0.449 e. The van der Waals surface area contributed by atoms with Gasteiger partial charge in [0.1, 0.15) is 12.1 Å². The molecule has 1 aliphatic heterocycles. The number of Topliss-reactive ketones (excluding diaryl/α,β-unsaturated/α-hetero) is 3. The van der Waals surface area contributed by atoms with Gasteiger partial charge < -0.3 is 25.2 Å². The molecule has 1 saturated heterocycles. The number of ether oxygens (including phenoxy) is 1. The Morgan fingerprint density at radius 1 is 0.887 bits per heavy atom. The second-order valence-electron chi connectivity index (χ2n) is 16.8. The van der Waals surface area contributed by atoms with Crippen molar-refractivity contribution in [3.63, 3.8) is 0 Å². The van der Waals surface area contributed by atoms with E-state index in [9.17, 15) is 33.6 Å². The molecule has 1 heterocycles. The summed E-state index contributed by atoms with van der Waals surface area (Å²) in [6.45, 7) is 12.2. The van der Waals surface area contributed by atoms with Crippen LogP contribution in [0.2, 0.25) is 0 Å². The highest BCUT2D eigenvalue weighted by Gasteiger charge is 2.47. The SMILES string of the molecule is CC(C)COC(=O)N[C@H](C(=O)N1CC(C)(C)CC1C(=O)C[C@@H](CC(C)C)C(=O)C(=O)CCC(=O)N[C@H](C(=O)N(C)C)c1ccccc1)C1CCCCC1. The van der Waals surface area contributed by atoms with Gasteiger partial charge in [-0.25, -0.2) is 4.79 Å². The number of rotatable bonds is 18. The number of likely N-dealkylation sites (N-methyl/N-ethyl adjacent to an activating group) is 1. The summed E-state index contributed by atoms with van der Waals surface area (Å²) >= 11 is 0. The van der Waals surface area contributed by atoms with E-state index in [1.807, 2.05) is 41.5 Å². The van der Waals surface area contributed by atoms with Crippen LogP contribution in [-0.2, 0) is 33.5 Å². The summed E-state index contributed by atoms with van der Waals surface area (Å²) in [5.41, 5.74) is 0.198. The third kappa shape index (κ3) is 13.1. The lowest BCUT2D eigenvalue weighted by Gasteiger charge is -2.35. The van der Waals surface area contributed by atoms with Crippen molar-refractivity contribution in [2.75, 3.05) is 27.2 Å². The topological polar surface area (TPSA) is 159 Å². The molecule has 1 aliphatic carbocycles. The molecule has 0 bridgehead atoms. The lowest BCUT2D eigenvalue weighted by atomic mass is 9.82. The molecule has 53 heavy (non-hydrogen) atoms. The second-order valence-corrected chi connectivity index (χ2v) is 16.8. The van der Waals surface area contributed by atoms with Crippen molar-refractivity contribution < 1.29 is 38.3 Å². The summed E-state index contributed by atoms with van der Waals surface area (Å²) in [6.07, 6.45) is 3.64. The molecule has 3 rings (SSSR count). The number of benzene rings is 1. The minimum atomic E-state index is -0.948. The van der Waals surface area contributed by atoms with Crippen molar-refractivity contribution in [1.82, 2.24) is 20.4 Å². The first-order chi connectivity index (χ1) is 24.9. The molecule has 0 radical (unpaired) electrons. The second kappa shape index (κ2) is 19.8. The van der Waals surface area contributed by atoms with Crippen LogP contribution in [0.1, 0.15) is 117 Å². The molecule has 1 saturated carbocycles. The van der Waals surface area contributed by atoms with Gasteiger partial charge in [-0.2, -0.15) is 0 Å². The minimum absolute atomic E-state index is 0.00832. The molecule has 0 aromatic heterocycles. The minimum Gasteiger partial charge on any atom is -0.449 e. The number of hydrogen-bond acceptors (Lipinski definition) is 8. The van der Waals surface area contributed by atoms with E-state index in [2.05, 4.69) is 10.6 Å². The molecule has 2 N–H and O–H groups in total. The molecule has 1 aromatic carbocycles. The van der Waals surface area contributed by atoms with E-state index in [1.165, 1.54) is 4.90 Å². The number of nitrogens with one attached hydrogen (secondary N) is 2. The monoisotopic (exact) mass is 738 g/mol. The fourth-order valence-corrected chi connectivity index (χ4v) is 7.46. The average molecular weight is 739 g/mol. The predicted octanol–water partition coefficient (Wildman–Crippen LogP) is 5.43. The molecular weight excluding hydrogens is 676 g/mol. The van der Waals surface area contributed by atoms with Gasteiger partial charge in [0, 0.05) is 45.8 Å². The van der Waals surface area contributed by atoms with Crippen molar-refractivity contribution in [3.05, 3.63) is 35.9 Å². The van der Waals surface area contributed by atoms with Gasteiger partial charge in [-0.1, -0.05) is 91.1 Å². The van der Waals surface area contributed by atoms with Crippen LogP contribution in [0.15, 0.2) is 30.3 Å². The van der Waals surface area contributed by atoms with Crippen molar-refractivity contribution in [3.8, 4) is 0 Å². The lowest BCUT2D eigenvalue weighted by molar-refractivity contribution is -0.143. The van der Waals surface area contributed by atoms with E-state index in [4.69, 9.17) is 4.74 Å². The molecule has 12 heteroatoms. The standard InChI is InChI=1S/C41H62N4O8/c1-26(2)21-30(37(49)32(46)19-20-34(48)42-35(38(50)44(7)8)28-15-11-9-12-16-28)22-33(47)31-23-41(5,6)25-45(31)39(51)36(29-17-13-10-14-18-29)43-40(52)53-24-27(3)4/h9,11-12,15-16,26-27,29-31,35-36H,10,13-14,17-25H2,1-8H3,(H,42,48)(H,43,52)/t30-,31?,35+,36+/m1/s1. The van der Waals surface area contributed by atoms with Crippen LogP contribution < -0.4 is 10.6 Å². The summed E-state index contributed by atoms with van der Waals surface area (Å²) in [4.78, 5) is 97.0.